The molecule has 0 aliphatic rings. The molecule has 0 bridgehead atoms. The second kappa shape index (κ2) is 5.83. The molecule has 1 unspecified atom stereocenters. The predicted molar refractivity (Wildman–Crippen MR) is 77.6 cm³/mol. The van der Waals surface area contributed by atoms with E-state index in [1.165, 1.54) is 23.3 Å². The minimum absolute atomic E-state index is 0.0974. The Labute approximate surface area is 120 Å². The van der Waals surface area contributed by atoms with Crippen LogP contribution in [0.1, 0.15) is 27.1 Å². The molecular formula is C16H15BrF2. The van der Waals surface area contributed by atoms with Crippen molar-refractivity contribution in [3.8, 4) is 0 Å². The van der Waals surface area contributed by atoms with Gasteiger partial charge in [-0.05, 0) is 54.7 Å². The highest BCUT2D eigenvalue weighted by Gasteiger charge is 2.11. The summed E-state index contributed by atoms with van der Waals surface area (Å²) in [7, 11) is 0. The third-order valence-electron chi connectivity index (χ3n) is 3.23. The van der Waals surface area contributed by atoms with E-state index in [2.05, 4.69) is 41.9 Å². The van der Waals surface area contributed by atoms with Crippen LogP contribution in [-0.4, -0.2) is 0 Å². The molecule has 0 aliphatic heterocycles. The standard InChI is InChI=1S/C16H15BrF2/c1-10-3-4-12(5-11(10)2)6-16(17)13-7-14(18)9-15(19)8-13/h3-5,7-9,16H,6H2,1-2H3. The zero-order valence-electron chi connectivity index (χ0n) is 10.9. The van der Waals surface area contributed by atoms with Crippen molar-refractivity contribution in [1.82, 2.24) is 0 Å². The van der Waals surface area contributed by atoms with Gasteiger partial charge >= 0.3 is 0 Å². The summed E-state index contributed by atoms with van der Waals surface area (Å²) in [6, 6.07) is 9.84. The number of alkyl halides is 1. The topological polar surface area (TPSA) is 0 Å². The van der Waals surface area contributed by atoms with Crippen LogP contribution < -0.4 is 0 Å². The first-order valence-corrected chi connectivity index (χ1v) is 7.03. The Hall–Kier alpha value is -1.22. The number of hydrogen-bond acceptors (Lipinski definition) is 0. The molecule has 0 radical (unpaired) electrons. The van der Waals surface area contributed by atoms with Crippen molar-refractivity contribution in [2.75, 3.05) is 0 Å². The maximum Gasteiger partial charge on any atom is 0.126 e. The summed E-state index contributed by atoms with van der Waals surface area (Å²) in [5.41, 5.74) is 4.24. The average Bonchev–Trinajstić information content (AvgIpc) is 2.32. The average molecular weight is 325 g/mol. The number of hydrogen-bond donors (Lipinski definition) is 0. The Bertz CT molecular complexity index is 573. The van der Waals surface area contributed by atoms with Crippen LogP contribution in [0.25, 0.3) is 0 Å². The highest BCUT2D eigenvalue weighted by atomic mass is 79.9. The minimum atomic E-state index is -0.542. The molecule has 0 saturated carbocycles. The Morgan fingerprint density at radius 1 is 0.947 bits per heavy atom. The highest BCUT2D eigenvalue weighted by molar-refractivity contribution is 9.09. The first-order chi connectivity index (χ1) is 8.95. The van der Waals surface area contributed by atoms with Gasteiger partial charge in [-0.2, -0.15) is 0 Å². The van der Waals surface area contributed by atoms with E-state index in [4.69, 9.17) is 0 Å². The van der Waals surface area contributed by atoms with Gasteiger partial charge in [-0.1, -0.05) is 34.1 Å². The van der Waals surface area contributed by atoms with Crippen molar-refractivity contribution >= 4 is 15.9 Å². The van der Waals surface area contributed by atoms with Crippen LogP contribution in [0.3, 0.4) is 0 Å². The Kier molecular flexibility index (Phi) is 4.35. The summed E-state index contributed by atoms with van der Waals surface area (Å²) in [6.07, 6.45) is 0.698. The van der Waals surface area contributed by atoms with Crippen LogP contribution in [0, 0.1) is 25.5 Å². The normalized spacial score (nSPS) is 12.5. The van der Waals surface area contributed by atoms with Gasteiger partial charge in [-0.15, -0.1) is 0 Å². The molecule has 0 saturated heterocycles. The van der Waals surface area contributed by atoms with Gasteiger partial charge in [0.05, 0.1) is 0 Å². The van der Waals surface area contributed by atoms with Crippen LogP contribution >= 0.6 is 15.9 Å². The van der Waals surface area contributed by atoms with Crippen molar-refractivity contribution in [2.24, 2.45) is 0 Å². The van der Waals surface area contributed by atoms with E-state index in [0.717, 1.165) is 11.6 Å². The summed E-state index contributed by atoms with van der Waals surface area (Å²) in [5.74, 6) is -1.08. The van der Waals surface area contributed by atoms with E-state index in [-0.39, 0.29) is 4.83 Å². The third-order valence-corrected chi connectivity index (χ3v) is 4.09. The van der Waals surface area contributed by atoms with Crippen LogP contribution in [-0.2, 0) is 6.42 Å². The Balaban J connectivity index is 2.20. The van der Waals surface area contributed by atoms with E-state index in [9.17, 15) is 8.78 Å². The van der Waals surface area contributed by atoms with Crippen LogP contribution in [0.4, 0.5) is 8.78 Å². The Morgan fingerprint density at radius 2 is 1.58 bits per heavy atom. The number of aryl methyl sites for hydroxylation is 2. The molecule has 3 heteroatoms. The number of halogens is 3. The number of rotatable bonds is 3. The molecule has 0 amide bonds. The van der Waals surface area contributed by atoms with E-state index in [0.29, 0.717) is 12.0 Å². The summed E-state index contributed by atoms with van der Waals surface area (Å²) in [6.45, 7) is 4.12. The van der Waals surface area contributed by atoms with Gasteiger partial charge in [-0.25, -0.2) is 8.78 Å². The molecule has 0 heterocycles. The van der Waals surface area contributed by atoms with Gasteiger partial charge in [0.2, 0.25) is 0 Å². The van der Waals surface area contributed by atoms with Gasteiger partial charge in [0.1, 0.15) is 11.6 Å². The third kappa shape index (κ3) is 3.63. The monoisotopic (exact) mass is 324 g/mol. The van der Waals surface area contributed by atoms with Gasteiger partial charge in [0.15, 0.2) is 0 Å². The second-order valence-corrected chi connectivity index (χ2v) is 5.90. The molecule has 19 heavy (non-hydrogen) atoms. The van der Waals surface area contributed by atoms with E-state index in [1.807, 2.05) is 6.07 Å². The fourth-order valence-electron chi connectivity index (χ4n) is 2.01. The molecule has 0 fully saturated rings. The molecule has 1 atom stereocenters. The van der Waals surface area contributed by atoms with Crippen molar-refractivity contribution < 1.29 is 8.78 Å². The summed E-state index contributed by atoms with van der Waals surface area (Å²) in [4.78, 5) is -0.0974. The molecule has 0 aromatic heterocycles. The molecular weight excluding hydrogens is 310 g/mol. The van der Waals surface area contributed by atoms with E-state index in [1.54, 1.807) is 0 Å². The zero-order valence-corrected chi connectivity index (χ0v) is 12.5. The quantitative estimate of drug-likeness (QED) is 0.675. The van der Waals surface area contributed by atoms with Gasteiger partial charge in [0.25, 0.3) is 0 Å². The minimum Gasteiger partial charge on any atom is -0.207 e. The van der Waals surface area contributed by atoms with Crippen molar-refractivity contribution in [3.05, 3.63) is 70.3 Å². The lowest BCUT2D eigenvalue weighted by Gasteiger charge is -2.12. The van der Waals surface area contributed by atoms with Crippen molar-refractivity contribution in [2.45, 2.75) is 25.1 Å². The fourth-order valence-corrected chi connectivity index (χ4v) is 2.65. The molecule has 0 spiro atoms. The van der Waals surface area contributed by atoms with Gasteiger partial charge in [0, 0.05) is 10.9 Å². The smallest absolute Gasteiger partial charge is 0.126 e. The SMILES string of the molecule is Cc1ccc(CC(Br)c2cc(F)cc(F)c2)cc1C. The molecule has 0 aliphatic carbocycles. The lowest BCUT2D eigenvalue weighted by atomic mass is 10.0. The Morgan fingerprint density at radius 3 is 2.16 bits per heavy atom. The van der Waals surface area contributed by atoms with Crippen molar-refractivity contribution in [3.63, 3.8) is 0 Å². The molecule has 0 nitrogen and oxygen atoms in total. The maximum atomic E-state index is 13.2. The summed E-state index contributed by atoms with van der Waals surface area (Å²) < 4.78 is 26.4. The van der Waals surface area contributed by atoms with Gasteiger partial charge in [-0.3, -0.25) is 0 Å². The number of benzene rings is 2. The second-order valence-electron chi connectivity index (χ2n) is 4.79. The molecule has 2 aromatic carbocycles. The zero-order chi connectivity index (χ0) is 14.0. The van der Waals surface area contributed by atoms with Crippen LogP contribution in [0.2, 0.25) is 0 Å². The van der Waals surface area contributed by atoms with Crippen molar-refractivity contribution in [1.29, 1.82) is 0 Å². The highest BCUT2D eigenvalue weighted by Crippen LogP contribution is 2.28. The summed E-state index contributed by atoms with van der Waals surface area (Å²) >= 11 is 3.50. The predicted octanol–water partition coefficient (Wildman–Crippen LogP) is 5.26. The summed E-state index contributed by atoms with van der Waals surface area (Å²) in [5, 5.41) is 0. The largest absolute Gasteiger partial charge is 0.207 e. The van der Waals surface area contributed by atoms with Crippen LogP contribution in [0.15, 0.2) is 36.4 Å². The fraction of sp³-hybridized carbons (Fsp3) is 0.250. The lowest BCUT2D eigenvalue weighted by Crippen LogP contribution is -1.98. The lowest BCUT2D eigenvalue weighted by molar-refractivity contribution is 0.579. The van der Waals surface area contributed by atoms with Crippen LogP contribution in [0.5, 0.6) is 0 Å². The molecule has 100 valence electrons. The first-order valence-electron chi connectivity index (χ1n) is 6.12. The maximum absolute atomic E-state index is 13.2. The van der Waals surface area contributed by atoms with E-state index < -0.39 is 11.6 Å². The van der Waals surface area contributed by atoms with E-state index >= 15 is 0 Å². The van der Waals surface area contributed by atoms with Gasteiger partial charge < -0.3 is 0 Å². The molecule has 2 rings (SSSR count). The molecule has 2 aromatic rings. The first kappa shape index (κ1) is 14.2. The molecule has 0 N–H and O–H groups in total.